The van der Waals surface area contributed by atoms with Crippen molar-refractivity contribution in [2.24, 2.45) is 0 Å². The number of nitrogens with two attached hydrogens (primary N) is 1. The van der Waals surface area contributed by atoms with Crippen molar-refractivity contribution in [1.29, 1.82) is 0 Å². The van der Waals surface area contributed by atoms with E-state index in [-0.39, 0.29) is 12.0 Å². The summed E-state index contributed by atoms with van der Waals surface area (Å²) < 4.78 is 5.84. The van der Waals surface area contributed by atoms with Crippen LogP contribution >= 0.6 is 0 Å². The number of amides is 1. The Labute approximate surface area is 108 Å². The first-order chi connectivity index (χ1) is 8.60. The number of benzene rings is 1. The molecule has 2 rings (SSSR count). The molecular weight excluding hydrogens is 228 g/mol. The average Bonchev–Trinajstić information content (AvgIpc) is 2.31. The van der Waals surface area contributed by atoms with E-state index in [0.29, 0.717) is 12.1 Å². The molecule has 1 aromatic rings. The van der Waals surface area contributed by atoms with Gasteiger partial charge in [0, 0.05) is 12.1 Å². The topological polar surface area (TPSA) is 64.3 Å². The molecule has 0 radical (unpaired) electrons. The van der Waals surface area contributed by atoms with E-state index in [2.05, 4.69) is 12.2 Å². The van der Waals surface area contributed by atoms with Crippen LogP contribution in [-0.2, 0) is 11.2 Å². The number of aryl methyl sites for hydroxylation is 1. The molecule has 1 heterocycles. The fourth-order valence-electron chi connectivity index (χ4n) is 2.21. The minimum atomic E-state index is 0.0509. The highest BCUT2D eigenvalue weighted by atomic mass is 16.5. The molecule has 1 atom stereocenters. The van der Waals surface area contributed by atoms with Gasteiger partial charge in [-0.1, -0.05) is 13.3 Å². The fraction of sp³-hybridized carbons (Fsp3) is 0.500. The summed E-state index contributed by atoms with van der Waals surface area (Å²) in [6.07, 6.45) is 3.53. The zero-order valence-electron chi connectivity index (χ0n) is 11.0. The van der Waals surface area contributed by atoms with E-state index < -0.39 is 0 Å². The predicted molar refractivity (Wildman–Crippen MR) is 72.8 cm³/mol. The molecule has 98 valence electrons. The SMILES string of the molecule is CCCC(C)Oc1cc2c(cc1N)NC(=O)CC2. The summed E-state index contributed by atoms with van der Waals surface area (Å²) in [6.45, 7) is 4.18. The smallest absolute Gasteiger partial charge is 0.224 e. The van der Waals surface area contributed by atoms with Crippen LogP contribution in [-0.4, -0.2) is 12.0 Å². The maximum atomic E-state index is 11.3. The molecule has 4 heteroatoms. The molecule has 0 saturated heterocycles. The van der Waals surface area contributed by atoms with Gasteiger partial charge in [0.15, 0.2) is 0 Å². The molecule has 0 fully saturated rings. The Bertz CT molecular complexity index is 457. The minimum Gasteiger partial charge on any atom is -0.489 e. The van der Waals surface area contributed by atoms with E-state index in [1.165, 1.54) is 0 Å². The van der Waals surface area contributed by atoms with Gasteiger partial charge < -0.3 is 15.8 Å². The molecule has 1 aliphatic heterocycles. The van der Waals surface area contributed by atoms with Crippen LogP contribution in [0.5, 0.6) is 5.75 Å². The van der Waals surface area contributed by atoms with Gasteiger partial charge in [0.2, 0.25) is 5.91 Å². The van der Waals surface area contributed by atoms with Gasteiger partial charge in [-0.3, -0.25) is 4.79 Å². The molecule has 1 aromatic carbocycles. The first-order valence-electron chi connectivity index (χ1n) is 6.49. The molecule has 1 amide bonds. The number of nitrogens with one attached hydrogen (secondary N) is 1. The van der Waals surface area contributed by atoms with Gasteiger partial charge >= 0.3 is 0 Å². The van der Waals surface area contributed by atoms with Crippen molar-refractivity contribution in [3.05, 3.63) is 17.7 Å². The van der Waals surface area contributed by atoms with Gasteiger partial charge in [-0.15, -0.1) is 0 Å². The lowest BCUT2D eigenvalue weighted by molar-refractivity contribution is -0.116. The number of rotatable bonds is 4. The molecule has 0 aromatic heterocycles. The molecule has 3 N–H and O–H groups in total. The van der Waals surface area contributed by atoms with Crippen LogP contribution in [0.3, 0.4) is 0 Å². The second-order valence-electron chi connectivity index (χ2n) is 4.81. The van der Waals surface area contributed by atoms with Crippen LogP contribution in [0.15, 0.2) is 12.1 Å². The molecule has 18 heavy (non-hydrogen) atoms. The van der Waals surface area contributed by atoms with Gasteiger partial charge in [-0.2, -0.15) is 0 Å². The maximum absolute atomic E-state index is 11.3. The highest BCUT2D eigenvalue weighted by Crippen LogP contribution is 2.33. The number of anilines is 2. The number of fused-ring (bicyclic) bond motifs is 1. The summed E-state index contributed by atoms with van der Waals surface area (Å²) in [7, 11) is 0. The van der Waals surface area contributed by atoms with Crippen molar-refractivity contribution in [1.82, 2.24) is 0 Å². The number of carbonyl (C=O) groups excluding carboxylic acids is 1. The summed E-state index contributed by atoms with van der Waals surface area (Å²) in [5, 5.41) is 2.83. The van der Waals surface area contributed by atoms with Crippen molar-refractivity contribution in [3.8, 4) is 5.75 Å². The van der Waals surface area contributed by atoms with E-state index in [1.807, 2.05) is 13.0 Å². The lowest BCUT2D eigenvalue weighted by Crippen LogP contribution is -2.20. The van der Waals surface area contributed by atoms with Crippen molar-refractivity contribution >= 4 is 17.3 Å². The van der Waals surface area contributed by atoms with Crippen molar-refractivity contribution in [2.45, 2.75) is 45.6 Å². The third kappa shape index (κ3) is 2.75. The number of hydrogen-bond donors (Lipinski definition) is 2. The molecule has 1 unspecified atom stereocenters. The summed E-state index contributed by atoms with van der Waals surface area (Å²) in [6, 6.07) is 3.75. The number of carbonyl (C=O) groups is 1. The lowest BCUT2D eigenvalue weighted by Gasteiger charge is -2.21. The minimum absolute atomic E-state index is 0.0509. The molecule has 0 saturated carbocycles. The van der Waals surface area contributed by atoms with Crippen LogP contribution in [0.25, 0.3) is 0 Å². The average molecular weight is 248 g/mol. The Balaban J connectivity index is 2.20. The quantitative estimate of drug-likeness (QED) is 0.805. The van der Waals surface area contributed by atoms with E-state index >= 15 is 0 Å². The van der Waals surface area contributed by atoms with Gasteiger partial charge in [-0.05, 0) is 37.5 Å². The fourth-order valence-corrected chi connectivity index (χ4v) is 2.21. The maximum Gasteiger partial charge on any atom is 0.224 e. The van der Waals surface area contributed by atoms with Crippen LogP contribution in [0.4, 0.5) is 11.4 Å². The predicted octanol–water partition coefficient (Wildman–Crippen LogP) is 2.72. The monoisotopic (exact) mass is 248 g/mol. The number of nitrogen functional groups attached to an aromatic ring is 1. The summed E-state index contributed by atoms with van der Waals surface area (Å²) in [5.74, 6) is 0.778. The highest BCUT2D eigenvalue weighted by Gasteiger charge is 2.17. The van der Waals surface area contributed by atoms with Crippen LogP contribution in [0.1, 0.15) is 38.7 Å². The molecule has 0 spiro atoms. The Kier molecular flexibility index (Phi) is 3.75. The van der Waals surface area contributed by atoms with E-state index in [0.717, 1.165) is 36.3 Å². The van der Waals surface area contributed by atoms with E-state index in [4.69, 9.17) is 10.5 Å². The standard InChI is InChI=1S/C14H20N2O2/c1-3-4-9(2)18-13-7-10-5-6-14(17)16-12(10)8-11(13)15/h7-9H,3-6,15H2,1-2H3,(H,16,17). The molecule has 4 nitrogen and oxygen atoms in total. The van der Waals surface area contributed by atoms with Crippen molar-refractivity contribution < 1.29 is 9.53 Å². The van der Waals surface area contributed by atoms with Crippen molar-refractivity contribution in [2.75, 3.05) is 11.1 Å². The Morgan fingerprint density at radius 1 is 1.44 bits per heavy atom. The zero-order valence-corrected chi connectivity index (χ0v) is 11.0. The van der Waals surface area contributed by atoms with Gasteiger partial charge in [0.05, 0.1) is 11.8 Å². The van der Waals surface area contributed by atoms with Gasteiger partial charge in [-0.25, -0.2) is 0 Å². The molecule has 0 aliphatic carbocycles. The summed E-state index contributed by atoms with van der Waals surface area (Å²) in [4.78, 5) is 11.3. The first kappa shape index (κ1) is 12.7. The number of ether oxygens (including phenoxy) is 1. The molecular formula is C14H20N2O2. The third-order valence-electron chi connectivity index (χ3n) is 3.15. The molecule has 1 aliphatic rings. The first-order valence-corrected chi connectivity index (χ1v) is 6.49. The second-order valence-corrected chi connectivity index (χ2v) is 4.81. The summed E-state index contributed by atoms with van der Waals surface area (Å²) in [5.41, 5.74) is 8.46. The van der Waals surface area contributed by atoms with Crippen molar-refractivity contribution in [3.63, 3.8) is 0 Å². The molecule has 0 bridgehead atoms. The zero-order chi connectivity index (χ0) is 13.1. The summed E-state index contributed by atoms with van der Waals surface area (Å²) >= 11 is 0. The van der Waals surface area contributed by atoms with E-state index in [1.54, 1.807) is 6.07 Å². The lowest BCUT2D eigenvalue weighted by atomic mass is 10.0. The normalized spacial score (nSPS) is 15.8. The highest BCUT2D eigenvalue weighted by molar-refractivity contribution is 5.94. The van der Waals surface area contributed by atoms with Crippen LogP contribution in [0.2, 0.25) is 0 Å². The van der Waals surface area contributed by atoms with Gasteiger partial charge in [0.25, 0.3) is 0 Å². The largest absolute Gasteiger partial charge is 0.489 e. The third-order valence-corrected chi connectivity index (χ3v) is 3.15. The number of hydrogen-bond acceptors (Lipinski definition) is 3. The van der Waals surface area contributed by atoms with Crippen LogP contribution < -0.4 is 15.8 Å². The Morgan fingerprint density at radius 2 is 2.22 bits per heavy atom. The second kappa shape index (κ2) is 5.29. The van der Waals surface area contributed by atoms with Crippen LogP contribution in [0, 0.1) is 0 Å². The van der Waals surface area contributed by atoms with E-state index in [9.17, 15) is 4.79 Å². The Morgan fingerprint density at radius 3 is 2.94 bits per heavy atom. The Hall–Kier alpha value is -1.71. The van der Waals surface area contributed by atoms with Gasteiger partial charge in [0.1, 0.15) is 5.75 Å².